The molecule has 1 aromatic rings. The first kappa shape index (κ1) is 14.9. The smallest absolute Gasteiger partial charge is 0.227 e. The third-order valence-electron chi connectivity index (χ3n) is 2.18. The molecule has 0 aliphatic carbocycles. The Morgan fingerprint density at radius 3 is 2.78 bits per heavy atom. The monoisotopic (exact) mass is 286 g/mol. The molecule has 0 aliphatic heterocycles. The Hall–Kier alpha value is -1.20. The van der Waals surface area contributed by atoms with Crippen LogP contribution in [0.1, 0.15) is 12.0 Å². The van der Waals surface area contributed by atoms with Gasteiger partial charge in [-0.25, -0.2) is 0 Å². The van der Waals surface area contributed by atoms with E-state index in [0.29, 0.717) is 17.2 Å². The predicted molar refractivity (Wildman–Crippen MR) is 76.0 cm³/mol. The minimum absolute atomic E-state index is 0.0857. The van der Waals surface area contributed by atoms with E-state index in [-0.39, 0.29) is 17.6 Å². The number of primary amides is 1. The zero-order valence-electron chi connectivity index (χ0n) is 10.0. The molecule has 2 amide bonds. The number of carbonyl (C=O) groups is 2. The van der Waals surface area contributed by atoms with E-state index < -0.39 is 0 Å². The highest BCUT2D eigenvalue weighted by molar-refractivity contribution is 7.99. The SMILES string of the molecule is Cc1cc(Cl)ccc1NC(=O)CCSCC(N)=O. The van der Waals surface area contributed by atoms with Crippen LogP contribution in [0.5, 0.6) is 0 Å². The van der Waals surface area contributed by atoms with Gasteiger partial charge < -0.3 is 11.1 Å². The van der Waals surface area contributed by atoms with Crippen molar-refractivity contribution in [3.05, 3.63) is 28.8 Å². The quantitative estimate of drug-likeness (QED) is 0.788. The standard InChI is InChI=1S/C12H15ClN2O2S/c1-8-6-9(13)2-3-10(8)15-12(17)4-5-18-7-11(14)16/h2-3,6H,4-5,7H2,1H3,(H2,14,16)(H,15,17). The fourth-order valence-corrected chi connectivity index (χ4v) is 2.22. The minimum atomic E-state index is -0.367. The van der Waals surface area contributed by atoms with Crippen LogP contribution in [0.4, 0.5) is 5.69 Å². The summed E-state index contributed by atoms with van der Waals surface area (Å²) in [6.07, 6.45) is 0.347. The maximum Gasteiger partial charge on any atom is 0.227 e. The van der Waals surface area contributed by atoms with Crippen molar-refractivity contribution in [2.75, 3.05) is 16.8 Å². The van der Waals surface area contributed by atoms with Crippen LogP contribution in [-0.4, -0.2) is 23.3 Å². The lowest BCUT2D eigenvalue weighted by molar-refractivity contribution is -0.116. The lowest BCUT2D eigenvalue weighted by atomic mass is 10.2. The number of benzene rings is 1. The number of aryl methyl sites for hydroxylation is 1. The minimum Gasteiger partial charge on any atom is -0.369 e. The maximum absolute atomic E-state index is 11.6. The van der Waals surface area contributed by atoms with E-state index in [1.165, 1.54) is 11.8 Å². The predicted octanol–water partition coefficient (Wildman–Crippen LogP) is 2.20. The van der Waals surface area contributed by atoms with Crippen molar-refractivity contribution in [3.63, 3.8) is 0 Å². The molecule has 3 N–H and O–H groups in total. The van der Waals surface area contributed by atoms with Gasteiger partial charge in [0.2, 0.25) is 11.8 Å². The van der Waals surface area contributed by atoms with Gasteiger partial charge in [-0.05, 0) is 30.7 Å². The van der Waals surface area contributed by atoms with Gasteiger partial charge in [0.25, 0.3) is 0 Å². The largest absolute Gasteiger partial charge is 0.369 e. The Morgan fingerprint density at radius 1 is 1.44 bits per heavy atom. The molecular formula is C12H15ClN2O2S. The van der Waals surface area contributed by atoms with Crippen LogP contribution in [0.3, 0.4) is 0 Å². The highest BCUT2D eigenvalue weighted by Crippen LogP contribution is 2.19. The molecule has 18 heavy (non-hydrogen) atoms. The fraction of sp³-hybridized carbons (Fsp3) is 0.333. The average Bonchev–Trinajstić information content (AvgIpc) is 2.28. The molecule has 0 aromatic heterocycles. The van der Waals surface area contributed by atoms with Crippen LogP contribution in [0, 0.1) is 6.92 Å². The van der Waals surface area contributed by atoms with Gasteiger partial charge in [-0.3, -0.25) is 9.59 Å². The Labute approximate surface area is 115 Å². The van der Waals surface area contributed by atoms with Crippen LogP contribution in [0.2, 0.25) is 5.02 Å². The maximum atomic E-state index is 11.6. The van der Waals surface area contributed by atoms with Crippen LogP contribution in [0.15, 0.2) is 18.2 Å². The van der Waals surface area contributed by atoms with Gasteiger partial charge in [-0.15, -0.1) is 0 Å². The van der Waals surface area contributed by atoms with Crippen molar-refractivity contribution in [2.24, 2.45) is 5.73 Å². The second-order valence-electron chi connectivity index (χ2n) is 3.78. The number of amides is 2. The molecule has 0 heterocycles. The van der Waals surface area contributed by atoms with Crippen LogP contribution >= 0.6 is 23.4 Å². The molecule has 0 spiro atoms. The molecule has 0 saturated carbocycles. The number of halogens is 1. The lowest BCUT2D eigenvalue weighted by Gasteiger charge is -2.08. The van der Waals surface area contributed by atoms with E-state index in [1.807, 2.05) is 6.92 Å². The lowest BCUT2D eigenvalue weighted by Crippen LogP contribution is -2.16. The van der Waals surface area contributed by atoms with Gasteiger partial charge >= 0.3 is 0 Å². The van der Waals surface area contributed by atoms with Crippen molar-refractivity contribution in [1.82, 2.24) is 0 Å². The van der Waals surface area contributed by atoms with E-state index in [9.17, 15) is 9.59 Å². The number of anilines is 1. The summed E-state index contributed by atoms with van der Waals surface area (Å²) in [7, 11) is 0. The van der Waals surface area contributed by atoms with Gasteiger partial charge in [0, 0.05) is 22.9 Å². The number of nitrogens with two attached hydrogens (primary N) is 1. The van der Waals surface area contributed by atoms with Gasteiger partial charge in [0.05, 0.1) is 5.75 Å². The zero-order chi connectivity index (χ0) is 13.5. The van der Waals surface area contributed by atoms with Crippen molar-refractivity contribution in [1.29, 1.82) is 0 Å². The van der Waals surface area contributed by atoms with Crippen LogP contribution in [0.25, 0.3) is 0 Å². The molecule has 0 aliphatic rings. The first-order chi connectivity index (χ1) is 8.49. The van der Waals surface area contributed by atoms with E-state index in [4.69, 9.17) is 17.3 Å². The van der Waals surface area contributed by atoms with E-state index in [2.05, 4.69) is 5.32 Å². The summed E-state index contributed by atoms with van der Waals surface area (Å²) < 4.78 is 0. The third kappa shape index (κ3) is 5.42. The first-order valence-corrected chi connectivity index (χ1v) is 6.94. The summed E-state index contributed by atoms with van der Waals surface area (Å²) in [6, 6.07) is 5.29. The molecule has 0 atom stereocenters. The number of thioether (sulfide) groups is 1. The molecule has 1 aromatic carbocycles. The molecule has 98 valence electrons. The molecule has 0 saturated heterocycles. The van der Waals surface area contributed by atoms with Crippen LogP contribution in [-0.2, 0) is 9.59 Å². The normalized spacial score (nSPS) is 10.1. The Kier molecular flexibility index (Phi) is 6.01. The molecule has 0 bridgehead atoms. The number of carbonyl (C=O) groups excluding carboxylic acids is 2. The topological polar surface area (TPSA) is 72.2 Å². The van der Waals surface area contributed by atoms with E-state index >= 15 is 0 Å². The summed E-state index contributed by atoms with van der Waals surface area (Å²) in [5, 5.41) is 3.44. The van der Waals surface area contributed by atoms with Crippen molar-refractivity contribution >= 4 is 40.9 Å². The zero-order valence-corrected chi connectivity index (χ0v) is 11.6. The highest BCUT2D eigenvalue weighted by atomic mass is 35.5. The second-order valence-corrected chi connectivity index (χ2v) is 5.32. The number of nitrogens with one attached hydrogen (secondary N) is 1. The van der Waals surface area contributed by atoms with E-state index in [0.717, 1.165) is 11.3 Å². The Balaban J connectivity index is 2.38. The summed E-state index contributed by atoms with van der Waals surface area (Å²) in [4.78, 5) is 22.1. The van der Waals surface area contributed by atoms with Crippen molar-refractivity contribution < 1.29 is 9.59 Å². The van der Waals surface area contributed by atoms with Gasteiger partial charge in [-0.2, -0.15) is 11.8 Å². The second kappa shape index (κ2) is 7.28. The third-order valence-corrected chi connectivity index (χ3v) is 3.40. The molecule has 1 rings (SSSR count). The number of rotatable bonds is 6. The Morgan fingerprint density at radius 2 is 2.17 bits per heavy atom. The average molecular weight is 287 g/mol. The molecular weight excluding hydrogens is 272 g/mol. The van der Waals surface area contributed by atoms with Crippen molar-refractivity contribution in [2.45, 2.75) is 13.3 Å². The molecule has 0 fully saturated rings. The molecule has 6 heteroatoms. The number of hydrogen-bond donors (Lipinski definition) is 2. The highest BCUT2D eigenvalue weighted by Gasteiger charge is 2.05. The van der Waals surface area contributed by atoms with Gasteiger partial charge in [-0.1, -0.05) is 11.6 Å². The molecule has 0 radical (unpaired) electrons. The summed E-state index contributed by atoms with van der Waals surface area (Å²) in [5.74, 6) is 0.362. The summed E-state index contributed by atoms with van der Waals surface area (Å²) in [5.41, 5.74) is 6.67. The Bertz CT molecular complexity index is 452. The van der Waals surface area contributed by atoms with Gasteiger partial charge in [0.1, 0.15) is 0 Å². The van der Waals surface area contributed by atoms with Gasteiger partial charge in [0.15, 0.2) is 0 Å². The fourth-order valence-electron chi connectivity index (χ4n) is 1.32. The molecule has 0 unspecified atom stereocenters. The first-order valence-electron chi connectivity index (χ1n) is 5.41. The van der Waals surface area contributed by atoms with E-state index in [1.54, 1.807) is 18.2 Å². The number of hydrogen-bond acceptors (Lipinski definition) is 3. The summed E-state index contributed by atoms with van der Waals surface area (Å²) in [6.45, 7) is 1.88. The van der Waals surface area contributed by atoms with Crippen molar-refractivity contribution in [3.8, 4) is 0 Å². The molecule has 4 nitrogen and oxygen atoms in total. The van der Waals surface area contributed by atoms with Crippen LogP contribution < -0.4 is 11.1 Å². The summed E-state index contributed by atoms with van der Waals surface area (Å²) >= 11 is 7.18.